The van der Waals surface area contributed by atoms with E-state index in [1.54, 1.807) is 24.3 Å². The van der Waals surface area contributed by atoms with Crippen LogP contribution in [0.15, 0.2) is 59.7 Å². The quantitative estimate of drug-likeness (QED) is 0.679. The van der Waals surface area contributed by atoms with Crippen LogP contribution < -0.4 is 16.6 Å². The van der Waals surface area contributed by atoms with Crippen molar-refractivity contribution in [2.75, 3.05) is 11.1 Å². The Morgan fingerprint density at radius 3 is 2.64 bits per heavy atom. The smallest absolute Gasteiger partial charge is 0.284 e. The van der Waals surface area contributed by atoms with Gasteiger partial charge in [-0.3, -0.25) is 14.7 Å². The number of hydrogen-bond acceptors (Lipinski definition) is 4. The van der Waals surface area contributed by atoms with E-state index in [0.717, 1.165) is 0 Å². The molecule has 1 amide bonds. The summed E-state index contributed by atoms with van der Waals surface area (Å²) in [7, 11) is 0. The number of rotatable bonds is 3. The lowest BCUT2D eigenvalue weighted by molar-refractivity contribution is 0.102. The number of pyridine rings is 1. The molecule has 3 aromatic rings. The van der Waals surface area contributed by atoms with E-state index in [1.165, 1.54) is 17.1 Å². The summed E-state index contributed by atoms with van der Waals surface area (Å²) in [6, 6.07) is 12.2. The van der Waals surface area contributed by atoms with Gasteiger partial charge in [-0.05, 0) is 24.3 Å². The molecule has 0 aliphatic rings. The molecule has 4 N–H and O–H groups in total. The lowest BCUT2D eigenvalue weighted by Gasteiger charge is -2.02. The molecule has 22 heavy (non-hydrogen) atoms. The number of hydrogen-bond donors (Lipinski definition) is 3. The summed E-state index contributed by atoms with van der Waals surface area (Å²) in [5.41, 5.74) is 6.19. The van der Waals surface area contributed by atoms with Crippen LogP contribution >= 0.6 is 0 Å². The maximum absolute atomic E-state index is 12.3. The Labute approximate surface area is 125 Å². The van der Waals surface area contributed by atoms with Crippen LogP contribution in [0.3, 0.4) is 0 Å². The summed E-state index contributed by atoms with van der Waals surface area (Å²) < 4.78 is 1.30. The number of anilines is 2. The fourth-order valence-electron chi connectivity index (χ4n) is 1.98. The van der Waals surface area contributed by atoms with Crippen molar-refractivity contribution < 1.29 is 4.79 Å². The molecule has 0 saturated heterocycles. The topological polar surface area (TPSA) is 106 Å². The van der Waals surface area contributed by atoms with Gasteiger partial charge in [-0.15, -0.1) is 0 Å². The van der Waals surface area contributed by atoms with Crippen LogP contribution in [0.5, 0.6) is 0 Å². The monoisotopic (exact) mass is 295 g/mol. The molecule has 2 aromatic heterocycles. The molecule has 0 atom stereocenters. The molecule has 0 aliphatic heterocycles. The SMILES string of the molecule is Nc1ccc(NC(=O)c2c[nH]n(-c3ccccc3)c2=O)cn1. The van der Waals surface area contributed by atoms with Crippen molar-refractivity contribution in [1.82, 2.24) is 14.8 Å². The Kier molecular flexibility index (Phi) is 3.45. The standard InChI is InChI=1S/C15H13N5O2/c16-13-7-6-10(8-17-13)19-14(21)12-9-18-20(15(12)22)11-4-2-1-3-5-11/h1-9,18H,(H2,16,17)(H,19,21). The van der Waals surface area contributed by atoms with Gasteiger partial charge in [-0.25, -0.2) is 9.67 Å². The number of nitrogens with one attached hydrogen (secondary N) is 2. The number of benzene rings is 1. The number of carbonyl (C=O) groups is 1. The van der Waals surface area contributed by atoms with Gasteiger partial charge < -0.3 is 11.1 Å². The molecule has 110 valence electrons. The zero-order valence-corrected chi connectivity index (χ0v) is 11.5. The number of aromatic amines is 1. The normalized spacial score (nSPS) is 10.4. The number of nitrogen functional groups attached to an aromatic ring is 1. The molecule has 7 nitrogen and oxygen atoms in total. The highest BCUT2D eigenvalue weighted by Gasteiger charge is 2.15. The van der Waals surface area contributed by atoms with Gasteiger partial charge >= 0.3 is 0 Å². The molecule has 0 fully saturated rings. The number of amides is 1. The Bertz CT molecular complexity index is 850. The third-order valence-electron chi connectivity index (χ3n) is 3.07. The van der Waals surface area contributed by atoms with E-state index in [4.69, 9.17) is 5.73 Å². The fourth-order valence-corrected chi connectivity index (χ4v) is 1.98. The summed E-state index contributed by atoms with van der Waals surface area (Å²) in [6.45, 7) is 0. The van der Waals surface area contributed by atoms with E-state index in [-0.39, 0.29) is 5.56 Å². The molecule has 0 unspecified atom stereocenters. The lowest BCUT2D eigenvalue weighted by atomic mass is 10.3. The van der Waals surface area contributed by atoms with Crippen LogP contribution in [0.1, 0.15) is 10.4 Å². The van der Waals surface area contributed by atoms with E-state index < -0.39 is 11.5 Å². The number of nitrogens with zero attached hydrogens (tertiary/aromatic N) is 2. The number of carbonyl (C=O) groups excluding carboxylic acids is 1. The molecule has 0 saturated carbocycles. The van der Waals surface area contributed by atoms with Gasteiger partial charge in [-0.1, -0.05) is 18.2 Å². The van der Waals surface area contributed by atoms with Crippen molar-refractivity contribution in [3.05, 3.63) is 70.8 Å². The zero-order valence-electron chi connectivity index (χ0n) is 11.5. The molecule has 3 rings (SSSR count). The Hall–Kier alpha value is -3.35. The predicted octanol–water partition coefficient (Wildman–Crippen LogP) is 1.40. The minimum Gasteiger partial charge on any atom is -0.384 e. The molecule has 7 heteroatoms. The number of aromatic nitrogens is 3. The first kappa shape index (κ1) is 13.6. The van der Waals surface area contributed by atoms with Gasteiger partial charge in [0.25, 0.3) is 11.5 Å². The highest BCUT2D eigenvalue weighted by atomic mass is 16.2. The molecule has 1 aromatic carbocycles. The van der Waals surface area contributed by atoms with Crippen molar-refractivity contribution in [3.8, 4) is 5.69 Å². The number of nitrogens with two attached hydrogens (primary N) is 1. The third kappa shape index (κ3) is 2.59. The van der Waals surface area contributed by atoms with Crippen LogP contribution in [0, 0.1) is 0 Å². The number of para-hydroxylation sites is 1. The van der Waals surface area contributed by atoms with Crippen molar-refractivity contribution in [2.24, 2.45) is 0 Å². The van der Waals surface area contributed by atoms with Gasteiger partial charge in [0, 0.05) is 6.20 Å². The molecule has 0 spiro atoms. The van der Waals surface area contributed by atoms with E-state index in [0.29, 0.717) is 17.2 Å². The molecule has 0 aliphatic carbocycles. The van der Waals surface area contributed by atoms with Gasteiger partial charge in [0.2, 0.25) is 0 Å². The second-order valence-corrected chi connectivity index (χ2v) is 4.59. The molecular weight excluding hydrogens is 282 g/mol. The molecular formula is C15H13N5O2. The minimum atomic E-state index is -0.512. The van der Waals surface area contributed by atoms with Crippen LogP contribution in [-0.2, 0) is 0 Å². The summed E-state index contributed by atoms with van der Waals surface area (Å²) >= 11 is 0. The Morgan fingerprint density at radius 2 is 1.95 bits per heavy atom. The molecule has 0 bridgehead atoms. The van der Waals surface area contributed by atoms with Crippen LogP contribution in [0.2, 0.25) is 0 Å². The zero-order chi connectivity index (χ0) is 15.5. The highest BCUT2D eigenvalue weighted by molar-refractivity contribution is 6.03. The van der Waals surface area contributed by atoms with Gasteiger partial charge in [0.05, 0.1) is 17.6 Å². The largest absolute Gasteiger partial charge is 0.384 e. The van der Waals surface area contributed by atoms with E-state index >= 15 is 0 Å². The third-order valence-corrected chi connectivity index (χ3v) is 3.07. The first-order valence-electron chi connectivity index (χ1n) is 6.54. The van der Waals surface area contributed by atoms with Crippen LogP contribution in [0.25, 0.3) is 5.69 Å². The highest BCUT2D eigenvalue weighted by Crippen LogP contribution is 2.09. The van der Waals surface area contributed by atoms with Crippen molar-refractivity contribution in [1.29, 1.82) is 0 Å². The van der Waals surface area contributed by atoms with E-state index in [9.17, 15) is 9.59 Å². The average molecular weight is 295 g/mol. The van der Waals surface area contributed by atoms with Crippen molar-refractivity contribution >= 4 is 17.4 Å². The maximum atomic E-state index is 12.3. The minimum absolute atomic E-state index is 0.0145. The Balaban J connectivity index is 1.87. The second kappa shape index (κ2) is 5.57. The predicted molar refractivity (Wildman–Crippen MR) is 83.0 cm³/mol. The molecule has 0 radical (unpaired) electrons. The summed E-state index contributed by atoms with van der Waals surface area (Å²) in [5, 5.41) is 5.37. The van der Waals surface area contributed by atoms with E-state index in [1.807, 2.05) is 18.2 Å². The van der Waals surface area contributed by atoms with Gasteiger partial charge in [0.1, 0.15) is 11.4 Å². The van der Waals surface area contributed by atoms with Gasteiger partial charge in [0.15, 0.2) is 0 Å². The van der Waals surface area contributed by atoms with E-state index in [2.05, 4.69) is 15.4 Å². The first-order valence-corrected chi connectivity index (χ1v) is 6.54. The van der Waals surface area contributed by atoms with Crippen LogP contribution in [-0.4, -0.2) is 20.7 Å². The Morgan fingerprint density at radius 1 is 1.18 bits per heavy atom. The molecule has 2 heterocycles. The van der Waals surface area contributed by atoms with Crippen LogP contribution in [0.4, 0.5) is 11.5 Å². The van der Waals surface area contributed by atoms with Crippen molar-refractivity contribution in [2.45, 2.75) is 0 Å². The average Bonchev–Trinajstić information content (AvgIpc) is 2.92. The van der Waals surface area contributed by atoms with Gasteiger partial charge in [-0.2, -0.15) is 0 Å². The summed E-state index contributed by atoms with van der Waals surface area (Å²) in [5.74, 6) is -0.159. The summed E-state index contributed by atoms with van der Waals surface area (Å²) in [6.07, 6.45) is 2.80. The summed E-state index contributed by atoms with van der Waals surface area (Å²) in [4.78, 5) is 28.3. The van der Waals surface area contributed by atoms with Crippen molar-refractivity contribution in [3.63, 3.8) is 0 Å². The number of H-pyrrole nitrogens is 1. The second-order valence-electron chi connectivity index (χ2n) is 4.59. The lowest BCUT2D eigenvalue weighted by Crippen LogP contribution is -2.23. The first-order chi connectivity index (χ1) is 10.6. The maximum Gasteiger partial charge on any atom is 0.284 e. The fraction of sp³-hybridized carbons (Fsp3) is 0.